The maximum atomic E-state index is 14.1. The topological polar surface area (TPSA) is 52.7 Å². The summed E-state index contributed by atoms with van der Waals surface area (Å²) in [5.41, 5.74) is 0.662. The smallest absolute Gasteiger partial charge is 0.371 e. The molecule has 0 aromatic heterocycles. The van der Waals surface area contributed by atoms with Gasteiger partial charge in [0.2, 0.25) is 5.91 Å². The third-order valence-corrected chi connectivity index (χ3v) is 4.99. The normalized spacial score (nSPS) is 20.7. The number of anilines is 2. The fourth-order valence-corrected chi connectivity index (χ4v) is 3.62. The molecule has 0 aliphatic carbocycles. The largest absolute Gasteiger partial charge is 0.471 e. The number of likely N-dealkylation sites (tertiary alicyclic amines) is 1. The standard InChI is InChI=1S/C18H21F4N3O2/c19-13-7-6-12(24-8-2-1-3-9-24)11-14(13)23-16(26)15-5-4-10-25(15)17(27)18(20,21)22/h6-7,11,15H,1-5,8-10H2,(H,23,26). The molecule has 2 saturated heterocycles. The number of alkyl halides is 3. The second-order valence-corrected chi connectivity index (χ2v) is 6.86. The van der Waals surface area contributed by atoms with Crippen LogP contribution in [0.25, 0.3) is 0 Å². The number of benzene rings is 1. The molecule has 27 heavy (non-hydrogen) atoms. The minimum absolute atomic E-state index is 0.0885. The van der Waals surface area contributed by atoms with E-state index in [9.17, 15) is 27.2 Å². The summed E-state index contributed by atoms with van der Waals surface area (Å²) >= 11 is 0. The van der Waals surface area contributed by atoms with Gasteiger partial charge in [0.1, 0.15) is 11.9 Å². The van der Waals surface area contributed by atoms with Crippen LogP contribution < -0.4 is 10.2 Å². The first-order chi connectivity index (χ1) is 12.8. The van der Waals surface area contributed by atoms with E-state index in [1.807, 2.05) is 0 Å². The molecule has 5 nitrogen and oxygen atoms in total. The van der Waals surface area contributed by atoms with Gasteiger partial charge < -0.3 is 15.1 Å². The molecule has 148 valence electrons. The van der Waals surface area contributed by atoms with E-state index in [4.69, 9.17) is 0 Å². The number of nitrogens with zero attached hydrogens (tertiary/aromatic N) is 2. The summed E-state index contributed by atoms with van der Waals surface area (Å²) in [4.78, 5) is 26.5. The summed E-state index contributed by atoms with van der Waals surface area (Å²) in [6.45, 7) is 1.51. The van der Waals surface area contributed by atoms with Crippen LogP contribution in [0.3, 0.4) is 0 Å². The van der Waals surface area contributed by atoms with Gasteiger partial charge in [-0.1, -0.05) is 0 Å². The fraction of sp³-hybridized carbons (Fsp3) is 0.556. The van der Waals surface area contributed by atoms with Gasteiger partial charge in [-0.05, 0) is 50.3 Å². The molecule has 2 fully saturated rings. The van der Waals surface area contributed by atoms with Crippen LogP contribution in [0.1, 0.15) is 32.1 Å². The Labute approximate surface area is 154 Å². The first kappa shape index (κ1) is 19.4. The average molecular weight is 387 g/mol. The zero-order chi connectivity index (χ0) is 19.6. The van der Waals surface area contributed by atoms with Crippen LogP contribution in [-0.4, -0.2) is 48.6 Å². The van der Waals surface area contributed by atoms with E-state index < -0.39 is 29.8 Å². The van der Waals surface area contributed by atoms with Crippen molar-refractivity contribution in [3.8, 4) is 0 Å². The van der Waals surface area contributed by atoms with Crippen LogP contribution in [0.15, 0.2) is 18.2 Å². The van der Waals surface area contributed by atoms with Crippen molar-refractivity contribution >= 4 is 23.2 Å². The molecule has 2 aliphatic heterocycles. The van der Waals surface area contributed by atoms with E-state index in [0.717, 1.165) is 38.0 Å². The van der Waals surface area contributed by atoms with Crippen LogP contribution >= 0.6 is 0 Å². The lowest BCUT2D eigenvalue weighted by Gasteiger charge is -2.29. The van der Waals surface area contributed by atoms with E-state index in [1.54, 1.807) is 6.07 Å². The average Bonchev–Trinajstić information content (AvgIpc) is 3.12. The summed E-state index contributed by atoms with van der Waals surface area (Å²) in [6, 6.07) is 3.08. The molecule has 2 heterocycles. The van der Waals surface area contributed by atoms with Crippen molar-refractivity contribution in [3.05, 3.63) is 24.0 Å². The number of carbonyl (C=O) groups excluding carboxylic acids is 2. The maximum Gasteiger partial charge on any atom is 0.471 e. The lowest BCUT2D eigenvalue weighted by molar-refractivity contribution is -0.186. The van der Waals surface area contributed by atoms with Crippen molar-refractivity contribution in [1.29, 1.82) is 0 Å². The number of carbonyl (C=O) groups is 2. The molecule has 1 N–H and O–H groups in total. The Bertz CT molecular complexity index is 717. The van der Waals surface area contributed by atoms with E-state index in [1.165, 1.54) is 12.1 Å². The van der Waals surface area contributed by atoms with Crippen LogP contribution in [0.2, 0.25) is 0 Å². The number of halogens is 4. The van der Waals surface area contributed by atoms with Crippen molar-refractivity contribution in [3.63, 3.8) is 0 Å². The number of nitrogens with one attached hydrogen (secondary N) is 1. The zero-order valence-corrected chi connectivity index (χ0v) is 14.7. The number of amides is 2. The summed E-state index contributed by atoms with van der Waals surface area (Å²) < 4.78 is 52.2. The first-order valence-electron chi connectivity index (χ1n) is 9.00. The van der Waals surface area contributed by atoms with Crippen molar-refractivity contribution in [2.75, 3.05) is 29.9 Å². The molecule has 1 aromatic rings. The molecule has 1 atom stereocenters. The predicted molar refractivity (Wildman–Crippen MR) is 91.9 cm³/mol. The van der Waals surface area contributed by atoms with Crippen molar-refractivity contribution in [2.45, 2.75) is 44.3 Å². The van der Waals surface area contributed by atoms with Gasteiger partial charge in [0, 0.05) is 25.3 Å². The molecule has 0 spiro atoms. The minimum Gasteiger partial charge on any atom is -0.371 e. The highest BCUT2D eigenvalue weighted by atomic mass is 19.4. The molecule has 3 rings (SSSR count). The van der Waals surface area contributed by atoms with Gasteiger partial charge in [-0.3, -0.25) is 9.59 Å². The molecule has 0 saturated carbocycles. The maximum absolute atomic E-state index is 14.1. The SMILES string of the molecule is O=C(Nc1cc(N2CCCCC2)ccc1F)C1CCCN1C(=O)C(F)(F)F. The Kier molecular flexibility index (Phi) is 5.57. The summed E-state index contributed by atoms with van der Waals surface area (Å²) in [6.07, 6.45) is -1.46. The van der Waals surface area contributed by atoms with Crippen LogP contribution in [0.5, 0.6) is 0 Å². The number of rotatable bonds is 3. The monoisotopic (exact) mass is 387 g/mol. The molecule has 9 heteroatoms. The highest BCUT2D eigenvalue weighted by molar-refractivity contribution is 5.98. The van der Waals surface area contributed by atoms with Gasteiger partial charge in [-0.15, -0.1) is 0 Å². The van der Waals surface area contributed by atoms with Gasteiger partial charge in [0.05, 0.1) is 5.69 Å². The molecule has 1 aromatic carbocycles. The minimum atomic E-state index is -5.04. The van der Waals surface area contributed by atoms with Gasteiger partial charge in [0.15, 0.2) is 0 Å². The third-order valence-electron chi connectivity index (χ3n) is 4.99. The quantitative estimate of drug-likeness (QED) is 0.810. The van der Waals surface area contributed by atoms with Crippen LogP contribution in [-0.2, 0) is 9.59 Å². The van der Waals surface area contributed by atoms with E-state index >= 15 is 0 Å². The lowest BCUT2D eigenvalue weighted by Crippen LogP contribution is -2.48. The van der Waals surface area contributed by atoms with Crippen molar-refractivity contribution < 1.29 is 27.2 Å². The van der Waals surface area contributed by atoms with E-state index in [2.05, 4.69) is 10.2 Å². The second kappa shape index (κ2) is 7.74. The van der Waals surface area contributed by atoms with Gasteiger partial charge in [-0.2, -0.15) is 13.2 Å². The Hall–Kier alpha value is -2.32. The summed E-state index contributed by atoms with van der Waals surface area (Å²) in [7, 11) is 0. The molecular formula is C18H21F4N3O2. The number of piperidine rings is 1. The Morgan fingerprint density at radius 3 is 2.41 bits per heavy atom. The molecule has 0 radical (unpaired) electrons. The Morgan fingerprint density at radius 1 is 1.04 bits per heavy atom. The van der Waals surface area contributed by atoms with E-state index in [-0.39, 0.29) is 25.1 Å². The van der Waals surface area contributed by atoms with Gasteiger partial charge in [-0.25, -0.2) is 4.39 Å². The third kappa shape index (κ3) is 4.33. The number of hydrogen-bond acceptors (Lipinski definition) is 3. The van der Waals surface area contributed by atoms with Crippen molar-refractivity contribution in [2.24, 2.45) is 0 Å². The van der Waals surface area contributed by atoms with Crippen LogP contribution in [0, 0.1) is 5.82 Å². The highest BCUT2D eigenvalue weighted by Gasteiger charge is 2.47. The van der Waals surface area contributed by atoms with E-state index in [0.29, 0.717) is 4.90 Å². The molecule has 2 aliphatic rings. The van der Waals surface area contributed by atoms with Crippen molar-refractivity contribution in [1.82, 2.24) is 4.90 Å². The van der Waals surface area contributed by atoms with Gasteiger partial charge >= 0.3 is 12.1 Å². The molecule has 1 unspecified atom stereocenters. The number of hydrogen-bond donors (Lipinski definition) is 1. The van der Waals surface area contributed by atoms with Gasteiger partial charge in [0.25, 0.3) is 0 Å². The molecule has 2 amide bonds. The summed E-state index contributed by atoms with van der Waals surface area (Å²) in [5.74, 6) is -3.52. The summed E-state index contributed by atoms with van der Waals surface area (Å²) in [5, 5.41) is 2.37. The highest BCUT2D eigenvalue weighted by Crippen LogP contribution is 2.28. The first-order valence-corrected chi connectivity index (χ1v) is 9.00. The molecular weight excluding hydrogens is 366 g/mol. The molecule has 0 bridgehead atoms. The predicted octanol–water partition coefficient (Wildman–Crippen LogP) is 3.31. The fourth-order valence-electron chi connectivity index (χ4n) is 3.62. The Balaban J connectivity index is 1.74. The lowest BCUT2D eigenvalue weighted by atomic mass is 10.1. The second-order valence-electron chi connectivity index (χ2n) is 6.86. The zero-order valence-electron chi connectivity index (χ0n) is 14.7. The van der Waals surface area contributed by atoms with Crippen LogP contribution in [0.4, 0.5) is 28.9 Å². The Morgan fingerprint density at radius 2 is 1.74 bits per heavy atom.